The Morgan fingerprint density at radius 1 is 1.42 bits per heavy atom. The zero-order valence-corrected chi connectivity index (χ0v) is 15.2. The summed E-state index contributed by atoms with van der Waals surface area (Å²) in [6, 6.07) is 5.65. The summed E-state index contributed by atoms with van der Waals surface area (Å²) in [5, 5.41) is 3.11. The van der Waals surface area contributed by atoms with Crippen LogP contribution in [0, 0.1) is 5.92 Å². The second-order valence-electron chi connectivity index (χ2n) is 6.88. The molecule has 1 saturated carbocycles. The minimum Gasteiger partial charge on any atom is -0.493 e. The van der Waals surface area contributed by atoms with Gasteiger partial charge in [-0.25, -0.2) is 0 Å². The molecular weight excluding hydrogens is 304 g/mol. The van der Waals surface area contributed by atoms with E-state index < -0.39 is 5.54 Å². The third-order valence-electron chi connectivity index (χ3n) is 4.92. The summed E-state index contributed by atoms with van der Waals surface area (Å²) in [7, 11) is 1.62. The van der Waals surface area contributed by atoms with Crippen LogP contribution in [0.2, 0.25) is 0 Å². The van der Waals surface area contributed by atoms with Gasteiger partial charge in [0.25, 0.3) is 0 Å². The van der Waals surface area contributed by atoms with Crippen molar-refractivity contribution in [3.8, 4) is 11.5 Å². The van der Waals surface area contributed by atoms with E-state index in [4.69, 9.17) is 15.2 Å². The van der Waals surface area contributed by atoms with Gasteiger partial charge < -0.3 is 20.5 Å². The van der Waals surface area contributed by atoms with Crippen molar-refractivity contribution in [1.29, 1.82) is 0 Å². The van der Waals surface area contributed by atoms with Crippen molar-refractivity contribution >= 4 is 5.91 Å². The molecule has 134 valence electrons. The van der Waals surface area contributed by atoms with Crippen LogP contribution in [0.15, 0.2) is 18.2 Å². The van der Waals surface area contributed by atoms with E-state index >= 15 is 0 Å². The minimum absolute atomic E-state index is 0.0417. The van der Waals surface area contributed by atoms with E-state index in [1.807, 2.05) is 39.0 Å². The Morgan fingerprint density at radius 2 is 2.17 bits per heavy atom. The molecule has 0 aromatic heterocycles. The van der Waals surface area contributed by atoms with E-state index in [9.17, 15) is 4.79 Å². The van der Waals surface area contributed by atoms with Gasteiger partial charge in [-0.15, -0.1) is 0 Å². The summed E-state index contributed by atoms with van der Waals surface area (Å²) in [5.41, 5.74) is 6.91. The van der Waals surface area contributed by atoms with Gasteiger partial charge in [0.15, 0.2) is 11.5 Å². The number of hydrogen-bond acceptors (Lipinski definition) is 4. The maximum Gasteiger partial charge on any atom is 0.225 e. The summed E-state index contributed by atoms with van der Waals surface area (Å²) in [6.45, 7) is 6.48. The van der Waals surface area contributed by atoms with Crippen molar-refractivity contribution < 1.29 is 14.3 Å². The van der Waals surface area contributed by atoms with E-state index in [0.29, 0.717) is 18.1 Å². The molecule has 2 rings (SSSR count). The summed E-state index contributed by atoms with van der Waals surface area (Å²) >= 11 is 0. The Balaban J connectivity index is 2.08. The van der Waals surface area contributed by atoms with Gasteiger partial charge in [-0.1, -0.05) is 18.9 Å². The number of methoxy groups -OCH3 is 1. The maximum atomic E-state index is 12.7. The first-order chi connectivity index (χ1) is 11.4. The SMILES string of the molecule is CCOc1ccc(C(C)NC(=O)C2CCCCC2(C)N)cc1OC. The molecule has 5 nitrogen and oxygen atoms in total. The van der Waals surface area contributed by atoms with Crippen LogP contribution in [0.1, 0.15) is 58.1 Å². The van der Waals surface area contributed by atoms with Crippen LogP contribution in [-0.2, 0) is 4.79 Å². The number of amides is 1. The van der Waals surface area contributed by atoms with Gasteiger partial charge in [-0.2, -0.15) is 0 Å². The zero-order chi connectivity index (χ0) is 17.7. The van der Waals surface area contributed by atoms with E-state index in [0.717, 1.165) is 31.2 Å². The highest BCUT2D eigenvalue weighted by Gasteiger charge is 2.38. The Morgan fingerprint density at radius 3 is 2.79 bits per heavy atom. The fourth-order valence-corrected chi connectivity index (χ4v) is 3.41. The quantitative estimate of drug-likeness (QED) is 0.838. The number of nitrogens with one attached hydrogen (secondary N) is 1. The van der Waals surface area contributed by atoms with Crippen molar-refractivity contribution in [2.75, 3.05) is 13.7 Å². The van der Waals surface area contributed by atoms with Crippen LogP contribution in [0.25, 0.3) is 0 Å². The molecule has 0 aliphatic heterocycles. The lowest BCUT2D eigenvalue weighted by molar-refractivity contribution is -0.128. The van der Waals surface area contributed by atoms with Gasteiger partial charge in [0, 0.05) is 5.54 Å². The van der Waals surface area contributed by atoms with Gasteiger partial charge in [0.05, 0.1) is 25.7 Å². The number of carbonyl (C=O) groups is 1. The highest BCUT2D eigenvalue weighted by atomic mass is 16.5. The fraction of sp³-hybridized carbons (Fsp3) is 0.632. The molecule has 0 spiro atoms. The topological polar surface area (TPSA) is 73.6 Å². The molecule has 5 heteroatoms. The van der Waals surface area contributed by atoms with Gasteiger partial charge in [-0.05, 0) is 51.3 Å². The molecule has 0 heterocycles. The molecule has 1 fully saturated rings. The maximum absolute atomic E-state index is 12.7. The normalized spacial score (nSPS) is 25.0. The lowest BCUT2D eigenvalue weighted by Gasteiger charge is -2.37. The summed E-state index contributed by atoms with van der Waals surface area (Å²) < 4.78 is 10.9. The predicted octanol–water partition coefficient (Wildman–Crippen LogP) is 3.18. The average molecular weight is 334 g/mol. The van der Waals surface area contributed by atoms with E-state index in [2.05, 4.69) is 5.32 Å². The fourth-order valence-electron chi connectivity index (χ4n) is 3.41. The standard InChI is InChI=1S/C19H30N2O3/c1-5-24-16-10-9-14(12-17(16)23-4)13(2)21-18(22)15-8-6-7-11-19(15,3)20/h9-10,12-13,15H,5-8,11,20H2,1-4H3,(H,21,22). The van der Waals surface area contributed by atoms with Crippen LogP contribution in [0.3, 0.4) is 0 Å². The molecule has 3 N–H and O–H groups in total. The number of benzene rings is 1. The third kappa shape index (κ3) is 4.20. The van der Waals surface area contributed by atoms with Gasteiger partial charge in [0.1, 0.15) is 0 Å². The molecule has 1 aliphatic rings. The summed E-state index contributed by atoms with van der Waals surface area (Å²) in [6.07, 6.45) is 3.92. The van der Waals surface area contributed by atoms with E-state index in [1.165, 1.54) is 0 Å². The Kier molecular flexibility index (Phi) is 6.10. The molecule has 0 bridgehead atoms. The molecule has 1 aliphatic carbocycles. The molecule has 3 unspecified atom stereocenters. The Bertz CT molecular complexity index is 572. The second-order valence-corrected chi connectivity index (χ2v) is 6.88. The van der Waals surface area contributed by atoms with Crippen LogP contribution < -0.4 is 20.5 Å². The van der Waals surface area contributed by atoms with Crippen molar-refractivity contribution in [1.82, 2.24) is 5.32 Å². The lowest BCUT2D eigenvalue weighted by atomic mass is 9.74. The minimum atomic E-state index is -0.418. The monoisotopic (exact) mass is 334 g/mol. The van der Waals surface area contributed by atoms with Crippen LogP contribution in [0.5, 0.6) is 11.5 Å². The van der Waals surface area contributed by atoms with Crippen molar-refractivity contribution in [2.45, 2.75) is 58.0 Å². The van der Waals surface area contributed by atoms with E-state index in [1.54, 1.807) is 7.11 Å². The number of ether oxygens (including phenoxy) is 2. The Labute approximate surface area is 144 Å². The average Bonchev–Trinajstić information content (AvgIpc) is 2.54. The third-order valence-corrected chi connectivity index (χ3v) is 4.92. The first-order valence-electron chi connectivity index (χ1n) is 8.79. The predicted molar refractivity (Wildman–Crippen MR) is 95.3 cm³/mol. The van der Waals surface area contributed by atoms with Gasteiger partial charge in [-0.3, -0.25) is 4.79 Å². The molecule has 24 heavy (non-hydrogen) atoms. The molecule has 1 aromatic carbocycles. The van der Waals surface area contributed by atoms with Gasteiger partial charge in [0.2, 0.25) is 5.91 Å². The molecule has 1 amide bonds. The van der Waals surface area contributed by atoms with Gasteiger partial charge >= 0.3 is 0 Å². The molecule has 3 atom stereocenters. The highest BCUT2D eigenvalue weighted by Crippen LogP contribution is 2.33. The molecule has 1 aromatic rings. The largest absolute Gasteiger partial charge is 0.493 e. The van der Waals surface area contributed by atoms with Crippen LogP contribution >= 0.6 is 0 Å². The Hall–Kier alpha value is -1.75. The lowest BCUT2D eigenvalue weighted by Crippen LogP contribution is -2.53. The van der Waals surface area contributed by atoms with Crippen LogP contribution in [-0.4, -0.2) is 25.2 Å². The molecule has 0 radical (unpaired) electrons. The first kappa shape index (κ1) is 18.6. The number of carbonyl (C=O) groups excluding carboxylic acids is 1. The van der Waals surface area contributed by atoms with Crippen molar-refractivity contribution in [2.24, 2.45) is 11.7 Å². The van der Waals surface area contributed by atoms with Crippen molar-refractivity contribution in [3.63, 3.8) is 0 Å². The number of nitrogens with two attached hydrogens (primary N) is 1. The summed E-state index contributed by atoms with van der Waals surface area (Å²) in [4.78, 5) is 12.7. The molecular formula is C19H30N2O3. The zero-order valence-electron chi connectivity index (χ0n) is 15.2. The van der Waals surface area contributed by atoms with E-state index in [-0.39, 0.29) is 17.9 Å². The van der Waals surface area contributed by atoms with Crippen LogP contribution in [0.4, 0.5) is 0 Å². The smallest absolute Gasteiger partial charge is 0.225 e. The molecule has 0 saturated heterocycles. The summed E-state index contributed by atoms with van der Waals surface area (Å²) in [5.74, 6) is 1.30. The number of rotatable bonds is 6. The number of hydrogen-bond donors (Lipinski definition) is 2. The highest BCUT2D eigenvalue weighted by molar-refractivity contribution is 5.80. The first-order valence-corrected chi connectivity index (χ1v) is 8.79. The van der Waals surface area contributed by atoms with Crippen molar-refractivity contribution in [3.05, 3.63) is 23.8 Å². The second kappa shape index (κ2) is 7.88.